The first kappa shape index (κ1) is 18.6. The summed E-state index contributed by atoms with van der Waals surface area (Å²) in [5, 5.41) is 6.90. The number of hydrogen-bond donors (Lipinski definition) is 2. The summed E-state index contributed by atoms with van der Waals surface area (Å²) in [7, 11) is 0. The number of piperidine rings is 1. The van der Waals surface area contributed by atoms with E-state index in [1.54, 1.807) is 29.7 Å². The first-order valence-corrected chi connectivity index (χ1v) is 9.08. The van der Waals surface area contributed by atoms with Crippen molar-refractivity contribution in [3.05, 3.63) is 53.5 Å². The van der Waals surface area contributed by atoms with Crippen LogP contribution in [0.2, 0.25) is 0 Å². The third-order valence-corrected chi connectivity index (χ3v) is 5.42. The van der Waals surface area contributed by atoms with E-state index in [1.807, 2.05) is 18.3 Å². The molecule has 6 nitrogen and oxygen atoms in total. The minimum atomic E-state index is -0.157. The van der Waals surface area contributed by atoms with Gasteiger partial charge in [-0.3, -0.25) is 10.1 Å². The fourth-order valence-corrected chi connectivity index (χ4v) is 3.93. The van der Waals surface area contributed by atoms with Crippen LogP contribution in [0.1, 0.15) is 34.0 Å². The van der Waals surface area contributed by atoms with E-state index in [4.69, 9.17) is 4.42 Å². The van der Waals surface area contributed by atoms with Crippen LogP contribution >= 0.6 is 23.7 Å². The fourth-order valence-electron chi connectivity index (χ4n) is 2.95. The molecular weight excluding hydrogens is 372 g/mol. The van der Waals surface area contributed by atoms with Gasteiger partial charge >= 0.3 is 0 Å². The molecule has 2 aromatic heterocycles. The molecule has 3 aromatic rings. The number of benzene rings is 1. The van der Waals surface area contributed by atoms with Gasteiger partial charge in [0.1, 0.15) is 0 Å². The smallest absolute Gasteiger partial charge is 0.257 e. The predicted octanol–water partition coefficient (Wildman–Crippen LogP) is 3.94. The number of nitrogens with zero attached hydrogens (tertiary/aromatic N) is 2. The van der Waals surface area contributed by atoms with Crippen LogP contribution in [0, 0.1) is 0 Å². The number of hydrogen-bond acceptors (Lipinski definition) is 6. The van der Waals surface area contributed by atoms with Crippen molar-refractivity contribution in [1.29, 1.82) is 0 Å². The molecular formula is C18H19ClN4O2S. The second-order valence-electron chi connectivity index (χ2n) is 5.99. The summed E-state index contributed by atoms with van der Waals surface area (Å²) >= 11 is 1.57. The molecule has 136 valence electrons. The van der Waals surface area contributed by atoms with Crippen molar-refractivity contribution in [2.24, 2.45) is 0 Å². The van der Waals surface area contributed by atoms with Gasteiger partial charge in [0, 0.05) is 22.2 Å². The predicted molar refractivity (Wildman–Crippen MR) is 104 cm³/mol. The number of anilines is 1. The lowest BCUT2D eigenvalue weighted by atomic mass is 9.97. The lowest BCUT2D eigenvalue weighted by molar-refractivity contribution is 0.102. The number of halogens is 1. The van der Waals surface area contributed by atoms with Gasteiger partial charge in [-0.2, -0.15) is 0 Å². The van der Waals surface area contributed by atoms with E-state index in [2.05, 4.69) is 20.6 Å². The van der Waals surface area contributed by atoms with Gasteiger partial charge in [-0.15, -0.1) is 23.7 Å². The highest BCUT2D eigenvalue weighted by Gasteiger charge is 2.18. The third kappa shape index (κ3) is 4.12. The van der Waals surface area contributed by atoms with E-state index in [0.29, 0.717) is 22.4 Å². The Balaban J connectivity index is 0.00000196. The number of thiazole rings is 1. The molecule has 1 amide bonds. The standard InChI is InChI=1S/C18H18N4O2S.ClH/c23-17(14-3-1-12(2-4-14)15-9-20-11-24-15)22-18-21-10-16(25-18)13-5-7-19-8-6-13;/h1-4,9-11,13,19H,5-8H2,(H,21,22,23);1H. The molecule has 0 saturated carbocycles. The fraction of sp³-hybridized carbons (Fsp3) is 0.278. The van der Waals surface area contributed by atoms with Gasteiger partial charge in [0.25, 0.3) is 5.91 Å². The Morgan fingerprint density at radius 1 is 1.19 bits per heavy atom. The van der Waals surface area contributed by atoms with E-state index < -0.39 is 0 Å². The molecule has 1 aliphatic heterocycles. The van der Waals surface area contributed by atoms with E-state index in [-0.39, 0.29) is 18.3 Å². The van der Waals surface area contributed by atoms with Crippen molar-refractivity contribution in [3.8, 4) is 11.3 Å². The van der Waals surface area contributed by atoms with E-state index in [1.165, 1.54) is 11.3 Å². The first-order chi connectivity index (χ1) is 12.3. The monoisotopic (exact) mass is 390 g/mol. The SMILES string of the molecule is Cl.O=C(Nc1ncc(C2CCNCC2)s1)c1ccc(-c2cnco2)cc1. The van der Waals surface area contributed by atoms with Crippen LogP contribution < -0.4 is 10.6 Å². The largest absolute Gasteiger partial charge is 0.444 e. The van der Waals surface area contributed by atoms with Gasteiger partial charge < -0.3 is 9.73 Å². The van der Waals surface area contributed by atoms with Crippen LogP contribution in [-0.4, -0.2) is 29.0 Å². The van der Waals surface area contributed by atoms with Crippen LogP contribution in [0.15, 0.2) is 47.5 Å². The Hall–Kier alpha value is -2.22. The first-order valence-electron chi connectivity index (χ1n) is 8.26. The Labute approximate surface area is 161 Å². The summed E-state index contributed by atoms with van der Waals surface area (Å²) < 4.78 is 5.25. The van der Waals surface area contributed by atoms with Crippen LogP contribution in [0.5, 0.6) is 0 Å². The van der Waals surface area contributed by atoms with Gasteiger partial charge in [-0.05, 0) is 44.0 Å². The third-order valence-electron chi connectivity index (χ3n) is 4.35. The topological polar surface area (TPSA) is 80.0 Å². The van der Waals surface area contributed by atoms with E-state index >= 15 is 0 Å². The molecule has 4 rings (SSSR count). The Bertz CT molecular complexity index is 842. The number of rotatable bonds is 4. The van der Waals surface area contributed by atoms with Gasteiger partial charge in [0.2, 0.25) is 0 Å². The second kappa shape index (κ2) is 8.44. The number of carbonyl (C=O) groups is 1. The molecule has 0 bridgehead atoms. The summed E-state index contributed by atoms with van der Waals surface area (Å²) in [6.07, 6.45) is 7.17. The van der Waals surface area contributed by atoms with E-state index in [9.17, 15) is 4.79 Å². The van der Waals surface area contributed by atoms with Crippen molar-refractivity contribution in [1.82, 2.24) is 15.3 Å². The van der Waals surface area contributed by atoms with Gasteiger partial charge in [-0.25, -0.2) is 9.97 Å². The van der Waals surface area contributed by atoms with Crippen LogP contribution in [0.4, 0.5) is 5.13 Å². The molecule has 0 radical (unpaired) electrons. The molecule has 1 aromatic carbocycles. The lowest BCUT2D eigenvalue weighted by Crippen LogP contribution is -2.26. The summed E-state index contributed by atoms with van der Waals surface area (Å²) in [6.45, 7) is 2.09. The summed E-state index contributed by atoms with van der Waals surface area (Å²) in [4.78, 5) is 21.9. The van der Waals surface area contributed by atoms with Crippen molar-refractivity contribution < 1.29 is 9.21 Å². The van der Waals surface area contributed by atoms with Crippen molar-refractivity contribution >= 4 is 34.8 Å². The van der Waals surface area contributed by atoms with Gasteiger partial charge in [-0.1, -0.05) is 12.1 Å². The Morgan fingerprint density at radius 3 is 2.65 bits per heavy atom. The number of aromatic nitrogens is 2. The number of nitrogens with one attached hydrogen (secondary N) is 2. The zero-order valence-corrected chi connectivity index (χ0v) is 15.6. The molecule has 8 heteroatoms. The second-order valence-corrected chi connectivity index (χ2v) is 7.05. The molecule has 0 spiro atoms. The molecule has 1 aliphatic rings. The van der Waals surface area contributed by atoms with Crippen LogP contribution in [0.25, 0.3) is 11.3 Å². The van der Waals surface area contributed by atoms with Crippen molar-refractivity contribution in [2.75, 3.05) is 18.4 Å². The maximum atomic E-state index is 12.4. The number of amides is 1. The molecule has 0 atom stereocenters. The Morgan fingerprint density at radius 2 is 1.96 bits per heavy atom. The summed E-state index contributed by atoms with van der Waals surface area (Å²) in [5.74, 6) is 1.07. The minimum absolute atomic E-state index is 0. The van der Waals surface area contributed by atoms with Gasteiger partial charge in [0.05, 0.1) is 6.20 Å². The normalized spacial score (nSPS) is 14.6. The number of carbonyl (C=O) groups excluding carboxylic acids is 1. The lowest BCUT2D eigenvalue weighted by Gasteiger charge is -2.20. The highest BCUT2D eigenvalue weighted by atomic mass is 35.5. The molecule has 0 aliphatic carbocycles. The molecule has 2 N–H and O–H groups in total. The average Bonchev–Trinajstić information content (AvgIpc) is 3.35. The molecule has 0 unspecified atom stereocenters. The highest BCUT2D eigenvalue weighted by Crippen LogP contribution is 2.31. The van der Waals surface area contributed by atoms with Crippen LogP contribution in [0.3, 0.4) is 0 Å². The Kier molecular flexibility index (Phi) is 6.03. The van der Waals surface area contributed by atoms with Crippen LogP contribution in [-0.2, 0) is 0 Å². The van der Waals surface area contributed by atoms with Crippen molar-refractivity contribution in [2.45, 2.75) is 18.8 Å². The van der Waals surface area contributed by atoms with Crippen molar-refractivity contribution in [3.63, 3.8) is 0 Å². The molecule has 26 heavy (non-hydrogen) atoms. The molecule has 3 heterocycles. The summed E-state index contributed by atoms with van der Waals surface area (Å²) in [5.41, 5.74) is 1.47. The number of oxazole rings is 1. The quantitative estimate of drug-likeness (QED) is 0.705. The zero-order valence-electron chi connectivity index (χ0n) is 14.0. The molecule has 1 saturated heterocycles. The summed E-state index contributed by atoms with van der Waals surface area (Å²) in [6, 6.07) is 7.23. The minimum Gasteiger partial charge on any atom is -0.444 e. The maximum absolute atomic E-state index is 12.4. The van der Waals surface area contributed by atoms with Gasteiger partial charge in [0.15, 0.2) is 17.3 Å². The zero-order chi connectivity index (χ0) is 17.1. The maximum Gasteiger partial charge on any atom is 0.257 e. The average molecular weight is 391 g/mol. The molecule has 1 fully saturated rings. The van der Waals surface area contributed by atoms with E-state index in [0.717, 1.165) is 31.5 Å². The highest BCUT2D eigenvalue weighted by molar-refractivity contribution is 7.15.